The molecular weight excluding hydrogens is 841 g/mol. The van der Waals surface area contributed by atoms with Crippen LogP contribution in [-0.4, -0.2) is 90.3 Å². The summed E-state index contributed by atoms with van der Waals surface area (Å²) in [5.74, 6) is -2.10. The molecule has 3 aromatic heterocycles. The van der Waals surface area contributed by atoms with Crippen LogP contribution in [-0.2, 0) is 43.6 Å². The first-order chi connectivity index (χ1) is 31.9. The van der Waals surface area contributed by atoms with Crippen molar-refractivity contribution in [2.24, 2.45) is 5.92 Å². The van der Waals surface area contributed by atoms with E-state index in [4.69, 9.17) is 5.10 Å². The highest BCUT2D eigenvalue weighted by Crippen LogP contribution is 2.29. The number of anilines is 1. The molecule has 2 aliphatic heterocycles. The summed E-state index contributed by atoms with van der Waals surface area (Å²) in [4.78, 5) is 101. The quantitative estimate of drug-likeness (QED) is 0.0636. The average molecular weight is 895 g/mol. The van der Waals surface area contributed by atoms with Gasteiger partial charge in [0.25, 0.3) is 17.4 Å². The molecule has 0 bridgehead atoms. The predicted octanol–water partition coefficient (Wildman–Crippen LogP) is 5.10. The number of rotatable bonds is 19. The minimum Gasteiger partial charge on any atom is -0.354 e. The lowest BCUT2D eigenvalue weighted by molar-refractivity contribution is -0.137. The Morgan fingerprint density at radius 3 is 2.26 bits per heavy atom. The Morgan fingerprint density at radius 2 is 1.50 bits per heavy atom. The summed E-state index contributed by atoms with van der Waals surface area (Å²) in [6.45, 7) is 6.99. The highest BCUT2D eigenvalue weighted by Gasteiger charge is 2.28. The maximum atomic E-state index is 14.1. The van der Waals surface area contributed by atoms with Crippen LogP contribution in [0.1, 0.15) is 70.4 Å². The summed E-state index contributed by atoms with van der Waals surface area (Å²) in [6.07, 6.45) is 10.6. The van der Waals surface area contributed by atoms with Crippen molar-refractivity contribution in [3.63, 3.8) is 0 Å². The number of urea groups is 1. The van der Waals surface area contributed by atoms with Crippen LogP contribution in [0.5, 0.6) is 0 Å². The molecule has 2 aromatic carbocycles. The van der Waals surface area contributed by atoms with Gasteiger partial charge >= 0.3 is 6.03 Å². The monoisotopic (exact) mass is 894 g/mol. The number of fused-ring (bicyclic) bond motifs is 2. The molecule has 4 N–H and O–H groups in total. The largest absolute Gasteiger partial charge is 0.354 e. The number of aryl methyl sites for hydroxylation is 1. The van der Waals surface area contributed by atoms with Crippen molar-refractivity contribution >= 4 is 52.2 Å². The van der Waals surface area contributed by atoms with Crippen LogP contribution >= 0.6 is 0 Å². The molecule has 2 atom stereocenters. The second kappa shape index (κ2) is 21.4. The molecule has 5 aromatic rings. The number of pyridine rings is 2. The third-order valence-electron chi connectivity index (χ3n) is 11.7. The van der Waals surface area contributed by atoms with Crippen LogP contribution in [0.4, 0.5) is 10.5 Å². The highest BCUT2D eigenvalue weighted by molar-refractivity contribution is 6.12. The molecule has 7 amide bonds. The van der Waals surface area contributed by atoms with Gasteiger partial charge in [0.15, 0.2) is 0 Å². The Hall–Kier alpha value is -7.56. The number of nitrogens with one attached hydrogen (secondary N) is 4. The lowest BCUT2D eigenvalue weighted by Crippen LogP contribution is -2.54. The summed E-state index contributed by atoms with van der Waals surface area (Å²) in [5, 5.41) is 16.9. The fourth-order valence-electron chi connectivity index (χ4n) is 7.94. The second-order valence-corrected chi connectivity index (χ2v) is 16.8. The predicted molar refractivity (Wildman–Crippen MR) is 248 cm³/mol. The molecule has 0 saturated carbocycles. The van der Waals surface area contributed by atoms with Gasteiger partial charge in [-0.15, -0.1) is 0 Å². The van der Waals surface area contributed by atoms with Crippen LogP contribution in [0.3, 0.4) is 0 Å². The van der Waals surface area contributed by atoms with Crippen LogP contribution in [0, 0.1) is 5.92 Å². The Kier molecular flexibility index (Phi) is 15.1. The molecule has 342 valence electrons. The molecule has 2 aliphatic rings. The zero-order valence-electron chi connectivity index (χ0n) is 37.3. The fraction of sp³-hybridized carbons (Fsp3) is 0.347. The number of aromatic nitrogens is 4. The van der Waals surface area contributed by atoms with E-state index in [0.717, 1.165) is 33.2 Å². The Balaban J connectivity index is 0.925. The van der Waals surface area contributed by atoms with Crippen LogP contribution in [0.15, 0.2) is 102 Å². The van der Waals surface area contributed by atoms with Gasteiger partial charge in [-0.2, -0.15) is 5.10 Å². The molecule has 2 unspecified atom stereocenters. The van der Waals surface area contributed by atoms with E-state index in [1.807, 2.05) is 48.5 Å². The van der Waals surface area contributed by atoms with Crippen molar-refractivity contribution in [1.82, 2.24) is 45.5 Å². The molecule has 0 spiro atoms. The number of hydrogen-bond donors (Lipinski definition) is 4. The van der Waals surface area contributed by atoms with E-state index in [0.29, 0.717) is 62.1 Å². The normalized spacial score (nSPS) is 14.1. The molecule has 17 nitrogen and oxygen atoms in total. The molecule has 0 aliphatic carbocycles. The molecule has 5 heterocycles. The molecule has 0 radical (unpaired) electrons. The van der Waals surface area contributed by atoms with Crippen LogP contribution < -0.4 is 26.8 Å². The number of hydrogen-bond acceptors (Lipinski definition) is 10. The van der Waals surface area contributed by atoms with E-state index in [-0.39, 0.29) is 61.3 Å². The first-order valence-electron chi connectivity index (χ1n) is 22.3. The van der Waals surface area contributed by atoms with Gasteiger partial charge in [0.2, 0.25) is 17.7 Å². The Labute approximate surface area is 382 Å². The summed E-state index contributed by atoms with van der Waals surface area (Å²) < 4.78 is 1.44. The summed E-state index contributed by atoms with van der Waals surface area (Å²) in [6, 6.07) is 18.5. The SMILES string of the molecule is CC(NC(=O)C(NC(=O)CCCCCN1C(=O)C=CC1=O)C(C)C)C(=O)NCCCCn1nc(-c2ccc(NC(=O)N3Cc4ccncc4C3)cc2)cc(-c2cccc3ncccc23)c1=O. The number of imide groups is 1. The molecule has 0 fully saturated rings. The average Bonchev–Trinajstić information content (AvgIpc) is 3.90. The second-order valence-electron chi connectivity index (χ2n) is 16.8. The van der Waals surface area contributed by atoms with E-state index in [9.17, 15) is 33.6 Å². The van der Waals surface area contributed by atoms with Gasteiger partial charge in [-0.05, 0) is 91.6 Å². The van der Waals surface area contributed by atoms with E-state index < -0.39 is 23.9 Å². The molecule has 17 heteroatoms. The molecule has 66 heavy (non-hydrogen) atoms. The first kappa shape index (κ1) is 46.4. The topological polar surface area (TPSA) is 218 Å². The van der Waals surface area contributed by atoms with E-state index >= 15 is 0 Å². The molecular formula is C49H54N10O7. The maximum absolute atomic E-state index is 14.1. The number of carbonyl (C=O) groups excluding carboxylic acids is 6. The van der Waals surface area contributed by atoms with Crippen molar-refractivity contribution < 1.29 is 28.8 Å². The van der Waals surface area contributed by atoms with Crippen molar-refractivity contribution in [2.75, 3.05) is 18.4 Å². The number of carbonyl (C=O) groups is 6. The van der Waals surface area contributed by atoms with Gasteiger partial charge in [0.05, 0.1) is 16.8 Å². The number of unbranched alkanes of at least 4 members (excludes halogenated alkanes) is 3. The van der Waals surface area contributed by atoms with E-state index in [1.54, 1.807) is 62.5 Å². The number of nitrogens with zero attached hydrogens (tertiary/aromatic N) is 6. The smallest absolute Gasteiger partial charge is 0.322 e. The Bertz CT molecular complexity index is 2670. The molecule has 7 rings (SSSR count). The fourth-order valence-corrected chi connectivity index (χ4v) is 7.94. The van der Waals surface area contributed by atoms with Gasteiger partial charge in [0.1, 0.15) is 12.1 Å². The number of amides is 7. The standard InChI is InChI=1S/C49H54N10O7/c1-31(2)45(55-42(60)14-5-4-7-25-58-43(61)19-20-44(58)62)47(64)53-32(3)46(63)52-22-6-8-26-59-48(65)39(37-11-9-13-40-38(37)12-10-23-51-40)27-41(56-59)33-15-17-36(18-16-33)54-49(66)57-29-34-21-24-50-28-35(34)30-57/h9-13,15-21,23-24,27-28,31-32,45H,4-8,14,22,25-26,29-30H2,1-3H3,(H,52,63)(H,53,64)(H,54,66)(H,55,60). The van der Waals surface area contributed by atoms with Crippen molar-refractivity contribution in [1.29, 1.82) is 0 Å². The third-order valence-corrected chi connectivity index (χ3v) is 11.7. The Morgan fingerprint density at radius 1 is 0.742 bits per heavy atom. The van der Waals surface area contributed by atoms with Gasteiger partial charge in [0, 0.05) is 86.5 Å². The van der Waals surface area contributed by atoms with Gasteiger partial charge < -0.3 is 26.2 Å². The zero-order valence-corrected chi connectivity index (χ0v) is 37.3. The van der Waals surface area contributed by atoms with Crippen LogP contribution in [0.25, 0.3) is 33.3 Å². The number of benzene rings is 2. The van der Waals surface area contributed by atoms with E-state index in [1.165, 1.54) is 21.7 Å². The van der Waals surface area contributed by atoms with Gasteiger partial charge in [-0.1, -0.05) is 50.6 Å². The lowest BCUT2D eigenvalue weighted by atomic mass is 10.00. The van der Waals surface area contributed by atoms with E-state index in [2.05, 4.69) is 31.2 Å². The molecule has 0 saturated heterocycles. The van der Waals surface area contributed by atoms with Gasteiger partial charge in [-0.3, -0.25) is 43.6 Å². The van der Waals surface area contributed by atoms with Crippen LogP contribution in [0.2, 0.25) is 0 Å². The lowest BCUT2D eigenvalue weighted by Gasteiger charge is -2.24. The minimum atomic E-state index is -0.880. The highest BCUT2D eigenvalue weighted by atomic mass is 16.2. The summed E-state index contributed by atoms with van der Waals surface area (Å²) in [5.41, 5.74) is 5.65. The van der Waals surface area contributed by atoms with Crippen molar-refractivity contribution in [3.8, 4) is 22.4 Å². The first-order valence-corrected chi connectivity index (χ1v) is 22.3. The van der Waals surface area contributed by atoms with Gasteiger partial charge in [-0.25, -0.2) is 9.48 Å². The summed E-state index contributed by atoms with van der Waals surface area (Å²) >= 11 is 0. The maximum Gasteiger partial charge on any atom is 0.322 e. The zero-order chi connectivity index (χ0) is 46.7. The minimum absolute atomic E-state index is 0.169. The third kappa shape index (κ3) is 11.4. The van der Waals surface area contributed by atoms with Crippen molar-refractivity contribution in [3.05, 3.63) is 119 Å². The van der Waals surface area contributed by atoms with Crippen molar-refractivity contribution in [2.45, 2.75) is 91.0 Å². The summed E-state index contributed by atoms with van der Waals surface area (Å²) in [7, 11) is 0.